The number of anilines is 6. The minimum absolute atomic E-state index is 1.12. The molecule has 2 nitrogen and oxygen atoms in total. The summed E-state index contributed by atoms with van der Waals surface area (Å²) in [6.45, 7) is 0. The van der Waals surface area contributed by atoms with Gasteiger partial charge in [0.2, 0.25) is 0 Å². The molecule has 0 amide bonds. The van der Waals surface area contributed by atoms with Crippen molar-refractivity contribution in [2.45, 2.75) is 0 Å². The molecule has 0 atom stereocenters. The van der Waals surface area contributed by atoms with Crippen LogP contribution in [-0.4, -0.2) is 70.6 Å². The van der Waals surface area contributed by atoms with Crippen LogP contribution in [0.2, 0.25) is 0 Å². The Bertz CT molecular complexity index is 3090. The lowest BCUT2D eigenvalue weighted by Crippen LogP contribution is -2.56. The van der Waals surface area contributed by atoms with Gasteiger partial charge in [0, 0.05) is 34.1 Å². The predicted molar refractivity (Wildman–Crippen MR) is 311 cm³/mol. The molecule has 0 fully saturated rings. The summed E-state index contributed by atoms with van der Waals surface area (Å²) in [6.07, 6.45) is 0. The number of hydrogen-bond donors (Lipinski definition) is 0. The normalized spacial score (nSPS) is 11.0. The Morgan fingerprint density at radius 1 is 0.200 bits per heavy atom. The van der Waals surface area contributed by atoms with Crippen LogP contribution in [0.3, 0.4) is 0 Å². The van der Waals surface area contributed by atoms with Crippen molar-refractivity contribution in [3.63, 3.8) is 0 Å². The molecule has 0 heterocycles. The van der Waals surface area contributed by atoms with E-state index in [2.05, 4.69) is 268 Å². The number of benzene rings is 9. The van der Waals surface area contributed by atoms with Crippen molar-refractivity contribution < 1.29 is 0 Å². The molecule has 65 heavy (non-hydrogen) atoms. The first-order valence-electron chi connectivity index (χ1n) is 22.9. The number of hydrogen-bond acceptors (Lipinski definition) is 2. The third-order valence-electron chi connectivity index (χ3n) is 14.1. The van der Waals surface area contributed by atoms with Gasteiger partial charge < -0.3 is 9.80 Å². The highest BCUT2D eigenvalue weighted by molar-refractivity contribution is 6.69. The van der Waals surface area contributed by atoms with Gasteiger partial charge in [-0.1, -0.05) is 183 Å². The molecular weight excluding hydrogens is 774 g/mol. The quantitative estimate of drug-likeness (QED) is 0.174. The summed E-state index contributed by atoms with van der Waals surface area (Å²) in [5.74, 6) is 0. The molecule has 9 aromatic rings. The second kappa shape index (κ2) is 18.3. The van der Waals surface area contributed by atoms with E-state index in [4.69, 9.17) is 0 Å². The van der Waals surface area contributed by atoms with Crippen LogP contribution < -0.4 is 59.0 Å². The standard InChI is InChI=1S/C54H49B9N2/c55-44-43(38-14-8-3-9-15-38)45(56)50(61)53(49(44)60)64(39-24-16-34(17-25-39)32-10-4-1-5-11-32)40-28-20-36(21-29-40)37-22-30-42(31-23-37)65(54-51(62)47(58)46(57)48(59)52(54)63)41-26-18-35(19-27-41)33-12-6-2-7-13-33/h1-31H,55-63H2. The van der Waals surface area contributed by atoms with Crippen LogP contribution in [0.15, 0.2) is 188 Å². The topological polar surface area (TPSA) is 6.48 Å². The van der Waals surface area contributed by atoms with E-state index in [0.717, 1.165) is 22.7 Å². The summed E-state index contributed by atoms with van der Waals surface area (Å²) in [5, 5.41) is 0. The number of nitrogens with zero attached hydrogens (tertiary/aromatic N) is 2. The Hall–Kier alpha value is -6.84. The first-order chi connectivity index (χ1) is 31.5. The minimum atomic E-state index is 1.12. The van der Waals surface area contributed by atoms with Crippen LogP contribution in [0.1, 0.15) is 0 Å². The van der Waals surface area contributed by atoms with Gasteiger partial charge in [0.1, 0.15) is 70.6 Å². The van der Waals surface area contributed by atoms with Gasteiger partial charge in [-0.15, -0.1) is 5.46 Å². The maximum Gasteiger partial charge on any atom is 0.141 e. The molecule has 302 valence electrons. The zero-order chi connectivity index (χ0) is 45.4. The highest BCUT2D eigenvalue weighted by Gasteiger charge is 2.24. The van der Waals surface area contributed by atoms with Crippen LogP contribution in [0.5, 0.6) is 0 Å². The van der Waals surface area contributed by atoms with E-state index in [1.807, 2.05) is 0 Å². The largest absolute Gasteiger partial charge is 0.312 e. The fraction of sp³-hybridized carbons (Fsp3) is 0. The molecule has 0 unspecified atom stereocenters. The van der Waals surface area contributed by atoms with Gasteiger partial charge in [0.15, 0.2) is 0 Å². The van der Waals surface area contributed by atoms with Crippen LogP contribution in [0.4, 0.5) is 34.1 Å². The highest BCUT2D eigenvalue weighted by Crippen LogP contribution is 2.38. The van der Waals surface area contributed by atoms with Crippen LogP contribution in [0, 0.1) is 0 Å². The summed E-state index contributed by atoms with van der Waals surface area (Å²) in [4.78, 5) is 4.91. The molecule has 0 aliphatic carbocycles. The van der Waals surface area contributed by atoms with Gasteiger partial charge in [-0.25, -0.2) is 0 Å². The van der Waals surface area contributed by atoms with Crippen molar-refractivity contribution >= 4 is 154 Å². The van der Waals surface area contributed by atoms with E-state index in [1.165, 1.54) is 105 Å². The van der Waals surface area contributed by atoms with Gasteiger partial charge in [0.25, 0.3) is 0 Å². The molecule has 0 aliphatic heterocycles. The van der Waals surface area contributed by atoms with E-state index < -0.39 is 0 Å². The van der Waals surface area contributed by atoms with Crippen molar-refractivity contribution in [3.05, 3.63) is 188 Å². The van der Waals surface area contributed by atoms with Gasteiger partial charge >= 0.3 is 0 Å². The summed E-state index contributed by atoms with van der Waals surface area (Å²) in [5.41, 5.74) is 28.6. The van der Waals surface area contributed by atoms with Crippen molar-refractivity contribution in [1.29, 1.82) is 0 Å². The maximum atomic E-state index is 2.46. The van der Waals surface area contributed by atoms with Crippen LogP contribution >= 0.6 is 0 Å². The average molecular weight is 823 g/mol. The Labute approximate surface area is 394 Å². The van der Waals surface area contributed by atoms with Crippen LogP contribution in [-0.2, 0) is 0 Å². The molecule has 0 aromatic heterocycles. The molecule has 11 heteroatoms. The second-order valence-electron chi connectivity index (χ2n) is 17.7. The van der Waals surface area contributed by atoms with Crippen molar-refractivity contribution in [1.82, 2.24) is 0 Å². The predicted octanol–water partition coefficient (Wildman–Crippen LogP) is -0.380. The van der Waals surface area contributed by atoms with Gasteiger partial charge in [0.05, 0.1) is 0 Å². The lowest BCUT2D eigenvalue weighted by molar-refractivity contribution is 1.30. The molecular formula is C54H49B9N2. The van der Waals surface area contributed by atoms with Crippen molar-refractivity contribution in [2.75, 3.05) is 9.80 Å². The summed E-state index contributed by atoms with van der Waals surface area (Å²) >= 11 is 0. The highest BCUT2D eigenvalue weighted by atomic mass is 15.2. The molecule has 0 N–H and O–H groups in total. The summed E-state index contributed by atoms with van der Waals surface area (Å²) in [6, 6.07) is 68.4. The third-order valence-corrected chi connectivity index (χ3v) is 14.1. The zero-order valence-corrected chi connectivity index (χ0v) is 39.3. The lowest BCUT2D eigenvalue weighted by atomic mass is 9.61. The Morgan fingerprint density at radius 2 is 0.415 bits per heavy atom. The fourth-order valence-corrected chi connectivity index (χ4v) is 9.77. The first-order valence-corrected chi connectivity index (χ1v) is 22.9. The minimum Gasteiger partial charge on any atom is -0.312 e. The molecule has 0 bridgehead atoms. The fourth-order valence-electron chi connectivity index (χ4n) is 9.77. The Kier molecular flexibility index (Phi) is 12.2. The van der Waals surface area contributed by atoms with E-state index in [-0.39, 0.29) is 0 Å². The number of rotatable bonds is 10. The van der Waals surface area contributed by atoms with Gasteiger partial charge in [-0.2, -0.15) is 0 Å². The SMILES string of the molecule is Bc1c(B)c(B)c(N(c2ccc(-c3ccccc3)cc2)c2ccc(-c3ccc(N(c4ccc(-c5ccccc5)cc4)c4c(B)c(B)c(-c5ccccc5)c(B)c4B)cc3)cc2)c(B)c1B. The monoisotopic (exact) mass is 824 g/mol. The van der Waals surface area contributed by atoms with E-state index in [9.17, 15) is 0 Å². The van der Waals surface area contributed by atoms with E-state index in [1.54, 1.807) is 0 Å². The van der Waals surface area contributed by atoms with Gasteiger partial charge in [-0.05, 0) is 93.0 Å². The third kappa shape index (κ3) is 8.26. The van der Waals surface area contributed by atoms with E-state index in [0.29, 0.717) is 0 Å². The molecule has 0 saturated heterocycles. The molecule has 9 aromatic carbocycles. The molecule has 9 rings (SSSR count). The Morgan fingerprint density at radius 3 is 0.692 bits per heavy atom. The molecule has 0 aliphatic rings. The maximum absolute atomic E-state index is 2.46. The van der Waals surface area contributed by atoms with Crippen molar-refractivity contribution in [2.24, 2.45) is 0 Å². The molecule has 0 spiro atoms. The molecule has 0 radical (unpaired) electrons. The zero-order valence-electron chi connectivity index (χ0n) is 39.3. The second-order valence-corrected chi connectivity index (χ2v) is 17.7. The molecule has 0 saturated carbocycles. The Balaban J connectivity index is 1.11. The summed E-state index contributed by atoms with van der Waals surface area (Å²) in [7, 11) is 20.4. The average Bonchev–Trinajstić information content (AvgIpc) is 3.36. The smallest absolute Gasteiger partial charge is 0.141 e. The van der Waals surface area contributed by atoms with Crippen molar-refractivity contribution in [3.8, 4) is 44.5 Å². The lowest BCUT2D eigenvalue weighted by Gasteiger charge is -2.33. The summed E-state index contributed by atoms with van der Waals surface area (Å²) < 4.78 is 0. The van der Waals surface area contributed by atoms with Crippen LogP contribution in [0.25, 0.3) is 44.5 Å². The van der Waals surface area contributed by atoms with E-state index >= 15 is 0 Å². The van der Waals surface area contributed by atoms with Gasteiger partial charge in [-0.3, -0.25) is 0 Å². The first kappa shape index (κ1) is 43.4.